The Hall–Kier alpha value is -2.17. The lowest BCUT2D eigenvalue weighted by molar-refractivity contribution is -0.139. The van der Waals surface area contributed by atoms with Gasteiger partial charge in [-0.3, -0.25) is 9.59 Å². The van der Waals surface area contributed by atoms with E-state index in [1.54, 1.807) is 62.5 Å². The van der Waals surface area contributed by atoms with Gasteiger partial charge in [-0.05, 0) is 30.3 Å². The second-order valence-corrected chi connectivity index (χ2v) is 6.18. The van der Waals surface area contributed by atoms with E-state index in [1.807, 2.05) is 0 Å². The van der Waals surface area contributed by atoms with E-state index < -0.39 is 17.4 Å². The smallest absolute Gasteiger partial charge is 0.264 e. The van der Waals surface area contributed by atoms with E-state index in [9.17, 15) is 14.7 Å². The van der Waals surface area contributed by atoms with Gasteiger partial charge in [-0.1, -0.05) is 36.7 Å². The summed E-state index contributed by atoms with van der Waals surface area (Å²) in [5.41, 5.74) is -0.365. The molecule has 2 aromatic carbocycles. The van der Waals surface area contributed by atoms with E-state index in [1.165, 1.54) is 4.90 Å². The van der Waals surface area contributed by atoms with Crippen molar-refractivity contribution in [2.75, 3.05) is 11.9 Å². The van der Waals surface area contributed by atoms with Crippen LogP contribution in [0.3, 0.4) is 0 Å². The van der Waals surface area contributed by atoms with Crippen molar-refractivity contribution in [1.82, 2.24) is 0 Å². The van der Waals surface area contributed by atoms with E-state index in [0.29, 0.717) is 21.8 Å². The van der Waals surface area contributed by atoms with Crippen molar-refractivity contribution < 1.29 is 14.7 Å². The summed E-state index contributed by atoms with van der Waals surface area (Å²) in [6, 6.07) is 13.4. The number of carbonyl (C=O) groups excluding carboxylic acids is 2. The Balaban J connectivity index is 2.04. The number of para-hydroxylation sites is 1. The van der Waals surface area contributed by atoms with Gasteiger partial charge < -0.3 is 10.0 Å². The Labute approximate surface area is 139 Å². The van der Waals surface area contributed by atoms with Crippen molar-refractivity contribution in [3.05, 3.63) is 64.7 Å². The molecule has 0 aromatic heterocycles. The molecule has 0 radical (unpaired) electrons. The summed E-state index contributed by atoms with van der Waals surface area (Å²) in [6.45, 7) is 1.57. The molecule has 5 heteroatoms. The molecule has 0 bridgehead atoms. The molecular weight excluding hydrogens is 314 g/mol. The van der Waals surface area contributed by atoms with Crippen LogP contribution in [0.1, 0.15) is 22.8 Å². The molecule has 0 unspecified atom stereocenters. The van der Waals surface area contributed by atoms with Gasteiger partial charge in [0.15, 0.2) is 11.4 Å². The first-order valence-corrected chi connectivity index (χ1v) is 7.65. The molecule has 1 aliphatic rings. The van der Waals surface area contributed by atoms with Crippen molar-refractivity contribution in [2.24, 2.45) is 5.92 Å². The minimum absolute atomic E-state index is 0.303. The third-order valence-corrected chi connectivity index (χ3v) is 4.71. The van der Waals surface area contributed by atoms with Crippen LogP contribution >= 0.6 is 11.6 Å². The quantitative estimate of drug-likeness (QED) is 0.881. The van der Waals surface area contributed by atoms with Crippen LogP contribution in [0.2, 0.25) is 5.02 Å². The number of ketones is 1. The van der Waals surface area contributed by atoms with E-state index in [-0.39, 0.29) is 5.78 Å². The maximum atomic E-state index is 12.7. The molecule has 1 N–H and O–H groups in total. The molecule has 2 atom stereocenters. The molecule has 3 rings (SSSR count). The summed E-state index contributed by atoms with van der Waals surface area (Å²) >= 11 is 5.84. The number of carbonyl (C=O) groups is 2. The highest BCUT2D eigenvalue weighted by Crippen LogP contribution is 2.44. The Morgan fingerprint density at radius 2 is 1.78 bits per heavy atom. The number of fused-ring (bicyclic) bond motifs is 1. The van der Waals surface area contributed by atoms with Gasteiger partial charge in [-0.2, -0.15) is 0 Å². The lowest BCUT2D eigenvalue weighted by atomic mass is 9.79. The minimum Gasteiger partial charge on any atom is -0.375 e. The fourth-order valence-corrected chi connectivity index (χ4v) is 3.17. The second-order valence-electron chi connectivity index (χ2n) is 5.74. The number of hydrogen-bond donors (Lipinski definition) is 1. The van der Waals surface area contributed by atoms with Gasteiger partial charge in [0.25, 0.3) is 5.91 Å². The Morgan fingerprint density at radius 3 is 2.43 bits per heavy atom. The molecule has 0 fully saturated rings. The summed E-state index contributed by atoms with van der Waals surface area (Å²) in [5.74, 6) is -1.71. The van der Waals surface area contributed by atoms with E-state index >= 15 is 0 Å². The minimum atomic E-state index is -1.86. The summed E-state index contributed by atoms with van der Waals surface area (Å²) in [4.78, 5) is 26.7. The predicted molar refractivity (Wildman–Crippen MR) is 88.7 cm³/mol. The van der Waals surface area contributed by atoms with Gasteiger partial charge in [-0.15, -0.1) is 0 Å². The topological polar surface area (TPSA) is 57.6 Å². The first-order valence-electron chi connectivity index (χ1n) is 7.27. The molecule has 0 spiro atoms. The maximum absolute atomic E-state index is 12.7. The normalized spacial score (nSPS) is 21.2. The van der Waals surface area contributed by atoms with Crippen LogP contribution in [0.15, 0.2) is 48.5 Å². The molecular formula is C18H16ClNO3. The fourth-order valence-electron chi connectivity index (χ4n) is 3.04. The monoisotopic (exact) mass is 329 g/mol. The number of rotatable bonds is 3. The molecule has 23 heavy (non-hydrogen) atoms. The Morgan fingerprint density at radius 1 is 1.17 bits per heavy atom. The van der Waals surface area contributed by atoms with E-state index in [2.05, 4.69) is 0 Å². The van der Waals surface area contributed by atoms with Crippen LogP contribution in [0.5, 0.6) is 0 Å². The fraction of sp³-hybridized carbons (Fsp3) is 0.222. The number of halogens is 1. The van der Waals surface area contributed by atoms with Crippen molar-refractivity contribution >= 4 is 29.0 Å². The summed E-state index contributed by atoms with van der Waals surface area (Å²) in [6.07, 6.45) is 0. The number of nitrogens with zero attached hydrogens (tertiary/aromatic N) is 1. The zero-order valence-electron chi connectivity index (χ0n) is 12.8. The number of likely N-dealkylation sites (N-methyl/N-ethyl adjacent to an activating group) is 1. The molecule has 1 heterocycles. The highest BCUT2D eigenvalue weighted by molar-refractivity contribution is 6.30. The third-order valence-electron chi connectivity index (χ3n) is 4.46. The Kier molecular flexibility index (Phi) is 3.74. The molecule has 1 aliphatic heterocycles. The van der Waals surface area contributed by atoms with Crippen LogP contribution in [0, 0.1) is 5.92 Å². The highest BCUT2D eigenvalue weighted by Gasteiger charge is 2.54. The van der Waals surface area contributed by atoms with Crippen LogP contribution in [-0.2, 0) is 10.4 Å². The SMILES string of the molecule is C[C@@H](C(=O)c1ccc(Cl)cc1)[C@@]1(O)C(=O)N(C)c2ccccc21. The first-order chi connectivity index (χ1) is 10.9. The Bertz CT molecular complexity index is 787. The van der Waals surface area contributed by atoms with E-state index in [0.717, 1.165) is 0 Å². The average molecular weight is 330 g/mol. The number of aliphatic hydroxyl groups is 1. The molecule has 118 valence electrons. The standard InChI is InChI=1S/C18H16ClNO3/c1-11(16(21)12-7-9-13(19)10-8-12)18(23)14-5-3-4-6-15(14)20(2)17(18)22/h3-11,23H,1-2H3/t11-,18-/m0/s1. The second kappa shape index (κ2) is 5.48. The first kappa shape index (κ1) is 15.7. The number of amides is 1. The predicted octanol–water partition coefficient (Wildman–Crippen LogP) is 3.02. The molecule has 1 amide bonds. The molecule has 0 saturated carbocycles. The maximum Gasteiger partial charge on any atom is 0.264 e. The summed E-state index contributed by atoms with van der Waals surface area (Å²) in [7, 11) is 1.60. The van der Waals surface area contributed by atoms with Crippen molar-refractivity contribution in [3.63, 3.8) is 0 Å². The lowest BCUT2D eigenvalue weighted by Crippen LogP contribution is -2.46. The molecule has 4 nitrogen and oxygen atoms in total. The van der Waals surface area contributed by atoms with E-state index in [4.69, 9.17) is 11.6 Å². The summed E-state index contributed by atoms with van der Waals surface area (Å²) < 4.78 is 0. The number of benzene rings is 2. The highest BCUT2D eigenvalue weighted by atomic mass is 35.5. The van der Waals surface area contributed by atoms with Gasteiger partial charge in [-0.25, -0.2) is 0 Å². The van der Waals surface area contributed by atoms with Crippen molar-refractivity contribution in [2.45, 2.75) is 12.5 Å². The van der Waals surface area contributed by atoms with Crippen LogP contribution in [0.4, 0.5) is 5.69 Å². The van der Waals surface area contributed by atoms with Gasteiger partial charge in [0.1, 0.15) is 0 Å². The van der Waals surface area contributed by atoms with Crippen LogP contribution < -0.4 is 4.90 Å². The summed E-state index contributed by atoms with van der Waals surface area (Å²) in [5, 5.41) is 11.6. The van der Waals surface area contributed by atoms with Gasteiger partial charge >= 0.3 is 0 Å². The van der Waals surface area contributed by atoms with Gasteiger partial charge in [0, 0.05) is 23.2 Å². The molecule has 0 saturated heterocycles. The largest absolute Gasteiger partial charge is 0.375 e. The molecule has 2 aromatic rings. The van der Waals surface area contributed by atoms with Crippen molar-refractivity contribution in [3.8, 4) is 0 Å². The van der Waals surface area contributed by atoms with Crippen LogP contribution in [0.25, 0.3) is 0 Å². The zero-order chi connectivity index (χ0) is 16.8. The zero-order valence-corrected chi connectivity index (χ0v) is 13.5. The lowest BCUT2D eigenvalue weighted by Gasteiger charge is -2.28. The van der Waals surface area contributed by atoms with Gasteiger partial charge in [0.2, 0.25) is 0 Å². The number of hydrogen-bond acceptors (Lipinski definition) is 3. The van der Waals surface area contributed by atoms with Gasteiger partial charge in [0.05, 0.1) is 11.6 Å². The van der Waals surface area contributed by atoms with Crippen molar-refractivity contribution in [1.29, 1.82) is 0 Å². The molecule has 0 aliphatic carbocycles. The number of Topliss-reactive ketones (excluding diaryl/α,β-unsaturated/α-hetero) is 1. The number of anilines is 1. The average Bonchev–Trinajstić information content (AvgIpc) is 2.77. The third kappa shape index (κ3) is 2.26. The van der Waals surface area contributed by atoms with Crippen LogP contribution in [-0.4, -0.2) is 23.8 Å².